The highest BCUT2D eigenvalue weighted by Crippen LogP contribution is 2.32. The third-order valence-electron chi connectivity index (χ3n) is 5.58. The van der Waals surface area contributed by atoms with Gasteiger partial charge in [0.25, 0.3) is 0 Å². The number of allylic oxidation sites excluding steroid dienone is 1. The number of fused-ring (bicyclic) bond motifs is 1. The smallest absolute Gasteiger partial charge is 0.238 e. The van der Waals surface area contributed by atoms with Crippen molar-refractivity contribution in [2.45, 2.75) is 18.9 Å². The number of rotatable bonds is 4. The Morgan fingerprint density at radius 1 is 1.23 bits per heavy atom. The first-order valence-corrected chi connectivity index (χ1v) is 9.85. The van der Waals surface area contributed by atoms with E-state index in [9.17, 15) is 5.11 Å². The summed E-state index contributed by atoms with van der Waals surface area (Å²) in [5.41, 5.74) is 2.46. The van der Waals surface area contributed by atoms with Crippen molar-refractivity contribution in [1.82, 2.24) is 19.9 Å². The molecule has 0 spiro atoms. The number of pyridine rings is 1. The van der Waals surface area contributed by atoms with Gasteiger partial charge in [0, 0.05) is 62.9 Å². The summed E-state index contributed by atoms with van der Waals surface area (Å²) >= 11 is 0. The molecule has 3 aliphatic heterocycles. The van der Waals surface area contributed by atoms with Gasteiger partial charge in [-0.15, -0.1) is 24.8 Å². The molecule has 5 heterocycles. The number of nitrogens with one attached hydrogen (secondary N) is 1. The van der Waals surface area contributed by atoms with Crippen LogP contribution in [0.3, 0.4) is 0 Å². The third-order valence-corrected chi connectivity index (χ3v) is 5.58. The summed E-state index contributed by atoms with van der Waals surface area (Å²) in [6.45, 7) is 5.63. The van der Waals surface area contributed by atoms with Crippen LogP contribution < -0.4 is 4.90 Å². The van der Waals surface area contributed by atoms with Gasteiger partial charge in [-0.2, -0.15) is 4.98 Å². The number of halogens is 2. The number of aliphatic imine (C=N–C) groups is 1. The molecule has 0 radical (unpaired) electrons. The molecule has 2 aromatic rings. The van der Waals surface area contributed by atoms with Crippen LogP contribution in [-0.4, -0.2) is 76.6 Å². The largest absolute Gasteiger partial charge is 0.492 e. The summed E-state index contributed by atoms with van der Waals surface area (Å²) in [6.07, 6.45) is 8.11. The number of nitrogens with zero attached hydrogens (tertiary/aromatic N) is 5. The molecule has 2 N–H and O–H groups in total. The minimum Gasteiger partial charge on any atom is -0.492 e. The molecule has 0 saturated carbocycles. The van der Waals surface area contributed by atoms with Crippen molar-refractivity contribution in [3.05, 3.63) is 29.6 Å². The molecule has 8 nitrogen and oxygen atoms in total. The second-order valence-corrected chi connectivity index (χ2v) is 7.45. The molecule has 0 aromatic carbocycles. The number of anilines is 1. The fourth-order valence-corrected chi connectivity index (χ4v) is 4.03. The Bertz CT molecular complexity index is 918. The molecule has 5 rings (SSSR count). The zero-order chi connectivity index (χ0) is 18.9. The molecule has 2 saturated heterocycles. The van der Waals surface area contributed by atoms with E-state index in [4.69, 9.17) is 4.74 Å². The van der Waals surface area contributed by atoms with Crippen LogP contribution in [0.5, 0.6) is 5.88 Å². The Morgan fingerprint density at radius 2 is 2.07 bits per heavy atom. The van der Waals surface area contributed by atoms with E-state index in [2.05, 4.69) is 29.7 Å². The summed E-state index contributed by atoms with van der Waals surface area (Å²) in [4.78, 5) is 20.8. The molecule has 0 bridgehead atoms. The van der Waals surface area contributed by atoms with Crippen molar-refractivity contribution >= 4 is 54.4 Å². The van der Waals surface area contributed by atoms with Crippen LogP contribution >= 0.6 is 24.8 Å². The minimum absolute atomic E-state index is 0. The van der Waals surface area contributed by atoms with Crippen molar-refractivity contribution in [2.24, 2.45) is 4.99 Å². The number of hydrogen-bond donors (Lipinski definition) is 2. The van der Waals surface area contributed by atoms with Crippen LogP contribution in [0.25, 0.3) is 11.6 Å². The minimum atomic E-state index is 0. The summed E-state index contributed by atoms with van der Waals surface area (Å²) < 4.78 is 5.75. The lowest BCUT2D eigenvalue weighted by molar-refractivity contribution is 0.0712. The van der Waals surface area contributed by atoms with E-state index < -0.39 is 0 Å². The normalized spacial score (nSPS) is 22.1. The van der Waals surface area contributed by atoms with Gasteiger partial charge in [-0.3, -0.25) is 4.90 Å². The highest BCUT2D eigenvalue weighted by Gasteiger charge is 2.24. The lowest BCUT2D eigenvalue weighted by Crippen LogP contribution is -2.48. The van der Waals surface area contributed by atoms with E-state index >= 15 is 0 Å². The second-order valence-electron chi connectivity index (χ2n) is 7.45. The van der Waals surface area contributed by atoms with Crippen molar-refractivity contribution in [3.8, 4) is 5.88 Å². The fourth-order valence-electron chi connectivity index (χ4n) is 4.03. The Hall–Kier alpha value is -2.13. The quantitative estimate of drug-likeness (QED) is 0.740. The highest BCUT2D eigenvalue weighted by molar-refractivity contribution is 6.20. The topological polar surface area (TPSA) is 89.9 Å². The molecule has 0 aliphatic carbocycles. The third kappa shape index (κ3) is 4.62. The average molecular weight is 453 g/mol. The standard InChI is InChI=1S/C20H24N6O2.2ClH/c27-19-17(11-14-12-22-18-16(14)4-1-5-21-18)23-20(24-19)26-8-6-25(7-9-26)13-15-3-2-10-28-15;;/h1,4-5,11-12,15,27H,2-3,6-10,13H2,(H,23,24);2*1H/b14-11+;;. The molecule has 2 aromatic heterocycles. The van der Waals surface area contributed by atoms with Crippen molar-refractivity contribution in [1.29, 1.82) is 0 Å². The zero-order valence-corrected chi connectivity index (χ0v) is 18.2. The first-order chi connectivity index (χ1) is 13.8. The van der Waals surface area contributed by atoms with Gasteiger partial charge >= 0.3 is 0 Å². The number of hydrogen-bond acceptors (Lipinski definition) is 7. The number of aromatic hydroxyl groups is 1. The Morgan fingerprint density at radius 3 is 2.83 bits per heavy atom. The van der Waals surface area contributed by atoms with Crippen LogP contribution in [0.15, 0.2) is 23.3 Å². The van der Waals surface area contributed by atoms with Gasteiger partial charge in [-0.25, -0.2) is 9.98 Å². The molecule has 3 aliphatic rings. The molecule has 1 unspecified atom stereocenters. The molecule has 2 fully saturated rings. The summed E-state index contributed by atoms with van der Waals surface area (Å²) in [5, 5.41) is 10.3. The van der Waals surface area contributed by atoms with E-state index in [1.54, 1.807) is 12.4 Å². The summed E-state index contributed by atoms with van der Waals surface area (Å²) in [5.74, 6) is 1.42. The van der Waals surface area contributed by atoms with E-state index in [1.807, 2.05) is 18.2 Å². The number of piperazine rings is 1. The average Bonchev–Trinajstić information content (AvgIpc) is 3.45. The maximum Gasteiger partial charge on any atom is 0.238 e. The number of H-pyrrole nitrogens is 1. The van der Waals surface area contributed by atoms with Gasteiger partial charge < -0.3 is 19.7 Å². The first kappa shape index (κ1) is 22.6. The fraction of sp³-hybridized carbons (Fsp3) is 0.450. The predicted molar refractivity (Wildman–Crippen MR) is 123 cm³/mol. The SMILES string of the molecule is Cl.Cl.Oc1nc(N2CCN(CC3CCCO3)CC2)[nH]c1/C=C1\C=Nc2ncccc21. The van der Waals surface area contributed by atoms with Crippen LogP contribution in [0.4, 0.5) is 11.8 Å². The van der Waals surface area contributed by atoms with Gasteiger partial charge in [0.05, 0.1) is 6.10 Å². The van der Waals surface area contributed by atoms with Gasteiger partial charge in [0.15, 0.2) is 5.82 Å². The predicted octanol–water partition coefficient (Wildman–Crippen LogP) is 2.91. The van der Waals surface area contributed by atoms with Crippen LogP contribution in [0, 0.1) is 0 Å². The molecule has 0 amide bonds. The van der Waals surface area contributed by atoms with Gasteiger partial charge in [-0.1, -0.05) is 0 Å². The van der Waals surface area contributed by atoms with E-state index in [1.165, 1.54) is 12.8 Å². The van der Waals surface area contributed by atoms with Gasteiger partial charge in [0.2, 0.25) is 11.8 Å². The number of imidazole rings is 1. The van der Waals surface area contributed by atoms with E-state index in [0.717, 1.165) is 50.5 Å². The molecule has 162 valence electrons. The highest BCUT2D eigenvalue weighted by atomic mass is 35.5. The Labute approximate surface area is 187 Å². The Kier molecular flexibility index (Phi) is 7.36. The molecule has 1 atom stereocenters. The molecular weight excluding hydrogens is 427 g/mol. The zero-order valence-electron chi connectivity index (χ0n) is 16.5. The molecule has 30 heavy (non-hydrogen) atoms. The maximum absolute atomic E-state index is 10.3. The van der Waals surface area contributed by atoms with Crippen molar-refractivity contribution in [2.75, 3.05) is 44.2 Å². The summed E-state index contributed by atoms with van der Waals surface area (Å²) in [6, 6.07) is 3.86. The first-order valence-electron chi connectivity index (χ1n) is 9.85. The maximum atomic E-state index is 10.3. The number of aromatic amines is 1. The lowest BCUT2D eigenvalue weighted by Gasteiger charge is -2.35. The van der Waals surface area contributed by atoms with Crippen LogP contribution in [0.1, 0.15) is 24.1 Å². The van der Waals surface area contributed by atoms with E-state index in [0.29, 0.717) is 23.6 Å². The summed E-state index contributed by atoms with van der Waals surface area (Å²) in [7, 11) is 0. The monoisotopic (exact) mass is 452 g/mol. The van der Waals surface area contributed by atoms with Crippen molar-refractivity contribution < 1.29 is 9.84 Å². The van der Waals surface area contributed by atoms with Crippen molar-refractivity contribution in [3.63, 3.8) is 0 Å². The number of ether oxygens (including phenoxy) is 1. The lowest BCUT2D eigenvalue weighted by atomic mass is 10.1. The molecule has 10 heteroatoms. The second kappa shape index (κ2) is 9.78. The Balaban J connectivity index is 0.00000128. The van der Waals surface area contributed by atoms with Gasteiger partial charge in [0.1, 0.15) is 5.69 Å². The number of aromatic nitrogens is 3. The van der Waals surface area contributed by atoms with Crippen LogP contribution in [-0.2, 0) is 4.74 Å². The van der Waals surface area contributed by atoms with Crippen LogP contribution in [0.2, 0.25) is 0 Å². The van der Waals surface area contributed by atoms with E-state index in [-0.39, 0.29) is 30.7 Å². The molecular formula is C20H26Cl2N6O2. The van der Waals surface area contributed by atoms with Gasteiger partial charge in [-0.05, 0) is 31.1 Å².